The Morgan fingerprint density at radius 1 is 1.32 bits per heavy atom. The first-order valence-electron chi connectivity index (χ1n) is 6.00. The van der Waals surface area contributed by atoms with E-state index in [0.717, 1.165) is 11.8 Å². The second-order valence-corrected chi connectivity index (χ2v) is 5.86. The van der Waals surface area contributed by atoms with Crippen LogP contribution in [0.2, 0.25) is 0 Å². The van der Waals surface area contributed by atoms with Gasteiger partial charge in [-0.1, -0.05) is 48.7 Å². The highest BCUT2D eigenvalue weighted by atomic mass is 35.5. The predicted octanol–water partition coefficient (Wildman–Crippen LogP) is 3.45. The van der Waals surface area contributed by atoms with E-state index in [1.54, 1.807) is 0 Å². The van der Waals surface area contributed by atoms with Gasteiger partial charge < -0.3 is 10.1 Å². The van der Waals surface area contributed by atoms with Crippen LogP contribution in [0.4, 0.5) is 5.69 Å². The maximum absolute atomic E-state index is 12.1. The highest BCUT2D eigenvalue weighted by Gasteiger charge is 2.32. The molecule has 7 heteroatoms. The molecule has 5 nitrogen and oxygen atoms in total. The number of hydrogen-bond acceptors (Lipinski definition) is 5. The highest BCUT2D eigenvalue weighted by Crippen LogP contribution is 2.30. The van der Waals surface area contributed by atoms with Crippen molar-refractivity contribution < 1.29 is 19.1 Å². The van der Waals surface area contributed by atoms with Gasteiger partial charge in [-0.05, 0) is 18.2 Å². The molecule has 1 aliphatic heterocycles. The quantitative estimate of drug-likeness (QED) is 0.386. The number of halogens is 1. The van der Waals surface area contributed by atoms with E-state index in [-0.39, 0.29) is 21.7 Å². The van der Waals surface area contributed by atoms with Crippen LogP contribution in [0, 0.1) is 0 Å². The number of benzene rings is 1. The largest absolute Gasteiger partial charge is 0.386 e. The van der Waals surface area contributed by atoms with Crippen molar-refractivity contribution in [2.24, 2.45) is 0 Å². The minimum absolute atomic E-state index is 0.0337. The van der Waals surface area contributed by atoms with Crippen molar-refractivity contribution in [3.8, 4) is 0 Å². The first-order chi connectivity index (χ1) is 10.4. The Morgan fingerprint density at radius 2 is 2.05 bits per heavy atom. The monoisotopic (exact) mass is 335 g/mol. The van der Waals surface area contributed by atoms with E-state index >= 15 is 0 Å². The van der Waals surface area contributed by atoms with Crippen LogP contribution in [0.5, 0.6) is 0 Å². The van der Waals surface area contributed by atoms with Crippen molar-refractivity contribution in [2.75, 3.05) is 5.32 Å². The van der Waals surface area contributed by atoms with Gasteiger partial charge in [0.25, 0.3) is 5.91 Å². The molecule has 1 amide bonds. The second-order valence-electron chi connectivity index (χ2n) is 4.09. The lowest BCUT2D eigenvalue weighted by atomic mass is 10.1. The lowest BCUT2D eigenvalue weighted by Gasteiger charge is -2.08. The lowest BCUT2D eigenvalue weighted by molar-refractivity contribution is -0.112. The Bertz CT molecular complexity index is 739. The summed E-state index contributed by atoms with van der Waals surface area (Å²) >= 11 is 6.80. The fourth-order valence-electron chi connectivity index (χ4n) is 1.72. The number of carbonyl (C=O) groups is 3. The van der Waals surface area contributed by atoms with Gasteiger partial charge in [-0.15, -0.1) is 0 Å². The molecule has 0 aromatic heterocycles. The van der Waals surface area contributed by atoms with Gasteiger partial charge in [-0.2, -0.15) is 0 Å². The van der Waals surface area contributed by atoms with Crippen molar-refractivity contribution in [3.05, 3.63) is 63.9 Å². The molecule has 0 fully saturated rings. The molecule has 2 rings (SSSR count). The zero-order chi connectivity index (χ0) is 16.3. The van der Waals surface area contributed by atoms with Crippen molar-refractivity contribution >= 4 is 46.9 Å². The first kappa shape index (κ1) is 16.1. The standard InChI is InChI=1S/C15H10ClNO4S/c1-3-5-11(16)22-8(2)13(18)17-10-7-4-6-9-12(10)15(20)21-14(9)19/h3-7H,1-2H2,(H,17,18)/b11-5-. The van der Waals surface area contributed by atoms with Gasteiger partial charge in [0.15, 0.2) is 0 Å². The van der Waals surface area contributed by atoms with Gasteiger partial charge in [-0.3, -0.25) is 4.79 Å². The van der Waals surface area contributed by atoms with Crippen LogP contribution in [0.3, 0.4) is 0 Å². The van der Waals surface area contributed by atoms with Gasteiger partial charge in [0, 0.05) is 0 Å². The molecule has 0 atom stereocenters. The molecule has 0 saturated heterocycles. The predicted molar refractivity (Wildman–Crippen MR) is 85.7 cm³/mol. The van der Waals surface area contributed by atoms with E-state index in [9.17, 15) is 14.4 Å². The summed E-state index contributed by atoms with van der Waals surface area (Å²) in [6, 6.07) is 4.48. The number of ether oxygens (including phenoxy) is 1. The van der Waals surface area contributed by atoms with Crippen LogP contribution in [-0.4, -0.2) is 17.8 Å². The smallest absolute Gasteiger partial charge is 0.349 e. The number of carbonyl (C=O) groups excluding carboxylic acids is 3. The molecule has 0 saturated carbocycles. The van der Waals surface area contributed by atoms with E-state index in [1.807, 2.05) is 0 Å². The zero-order valence-electron chi connectivity index (χ0n) is 11.2. The fraction of sp³-hybridized carbons (Fsp3) is 0. The van der Waals surface area contributed by atoms with Crippen molar-refractivity contribution in [2.45, 2.75) is 0 Å². The van der Waals surface area contributed by atoms with Crippen LogP contribution in [0.15, 0.2) is 52.8 Å². The van der Waals surface area contributed by atoms with E-state index in [1.165, 1.54) is 30.4 Å². The summed E-state index contributed by atoms with van der Waals surface area (Å²) < 4.78 is 4.84. The van der Waals surface area contributed by atoms with Crippen molar-refractivity contribution in [3.63, 3.8) is 0 Å². The topological polar surface area (TPSA) is 72.5 Å². The van der Waals surface area contributed by atoms with E-state index in [4.69, 9.17) is 11.6 Å². The third-order valence-electron chi connectivity index (χ3n) is 2.64. The number of thioether (sulfide) groups is 1. The number of esters is 2. The molecule has 0 radical (unpaired) electrons. The van der Waals surface area contributed by atoms with E-state index in [0.29, 0.717) is 4.36 Å². The molecule has 0 unspecified atom stereocenters. The second kappa shape index (κ2) is 6.64. The average molecular weight is 336 g/mol. The normalized spacial score (nSPS) is 13.4. The third-order valence-corrected chi connectivity index (χ3v) is 3.77. The number of hydrogen-bond donors (Lipinski definition) is 1. The van der Waals surface area contributed by atoms with Crippen LogP contribution in [0.25, 0.3) is 0 Å². The highest BCUT2D eigenvalue weighted by molar-refractivity contribution is 8.08. The van der Waals surface area contributed by atoms with Gasteiger partial charge in [-0.25, -0.2) is 9.59 Å². The number of allylic oxidation sites excluding steroid dienone is 2. The SMILES string of the molecule is C=C/C=C(/Cl)SC(=C)C(=O)Nc1cccc2c1C(=O)OC2=O. The number of amides is 1. The summed E-state index contributed by atoms with van der Waals surface area (Å²) in [5.74, 6) is -2.07. The Hall–Kier alpha value is -2.31. The van der Waals surface area contributed by atoms with Crippen molar-refractivity contribution in [1.82, 2.24) is 0 Å². The number of cyclic esters (lactones) is 2. The maximum atomic E-state index is 12.1. The van der Waals surface area contributed by atoms with Crippen LogP contribution in [0.1, 0.15) is 20.7 Å². The molecule has 22 heavy (non-hydrogen) atoms. The van der Waals surface area contributed by atoms with E-state index in [2.05, 4.69) is 23.2 Å². The zero-order valence-corrected chi connectivity index (χ0v) is 12.8. The minimum Gasteiger partial charge on any atom is -0.386 e. The summed E-state index contributed by atoms with van der Waals surface area (Å²) in [6.07, 6.45) is 2.99. The number of anilines is 1. The summed E-state index contributed by atoms with van der Waals surface area (Å²) in [4.78, 5) is 35.3. The molecule has 1 aromatic carbocycles. The van der Waals surface area contributed by atoms with Crippen molar-refractivity contribution in [1.29, 1.82) is 0 Å². The lowest BCUT2D eigenvalue weighted by Crippen LogP contribution is -2.14. The molecular formula is C15H10ClNO4S. The van der Waals surface area contributed by atoms with Gasteiger partial charge in [0.2, 0.25) is 0 Å². The van der Waals surface area contributed by atoms with Crippen LogP contribution >= 0.6 is 23.4 Å². The molecule has 1 aromatic rings. The first-order valence-corrected chi connectivity index (χ1v) is 7.19. The maximum Gasteiger partial charge on any atom is 0.349 e. The summed E-state index contributed by atoms with van der Waals surface area (Å²) in [5.41, 5.74) is 0.334. The number of fused-ring (bicyclic) bond motifs is 1. The molecule has 1 heterocycles. The minimum atomic E-state index is -0.793. The molecule has 0 spiro atoms. The molecule has 0 bridgehead atoms. The van der Waals surface area contributed by atoms with E-state index < -0.39 is 17.8 Å². The third kappa shape index (κ3) is 3.29. The summed E-state index contributed by atoms with van der Waals surface area (Å²) in [7, 11) is 0. The Kier molecular flexibility index (Phi) is 4.85. The summed E-state index contributed by atoms with van der Waals surface area (Å²) in [5, 5.41) is 2.52. The van der Waals surface area contributed by atoms with Gasteiger partial charge in [0.05, 0.1) is 26.1 Å². The number of rotatable bonds is 5. The summed E-state index contributed by atoms with van der Waals surface area (Å²) in [6.45, 7) is 7.10. The molecule has 0 aliphatic carbocycles. The van der Waals surface area contributed by atoms with Gasteiger partial charge in [0.1, 0.15) is 0 Å². The van der Waals surface area contributed by atoms with Crippen LogP contribution < -0.4 is 5.32 Å². The fourth-order valence-corrected chi connectivity index (χ4v) is 2.63. The molecule has 112 valence electrons. The molecule has 1 N–H and O–H groups in total. The number of nitrogens with one attached hydrogen (secondary N) is 1. The molecular weight excluding hydrogens is 326 g/mol. The average Bonchev–Trinajstić information content (AvgIpc) is 2.75. The Morgan fingerprint density at radius 3 is 2.73 bits per heavy atom. The molecule has 1 aliphatic rings. The van der Waals surface area contributed by atoms with Gasteiger partial charge >= 0.3 is 11.9 Å². The Labute approximate surface area is 135 Å². The Balaban J connectivity index is 2.19. The van der Waals surface area contributed by atoms with Crippen LogP contribution in [-0.2, 0) is 9.53 Å².